The van der Waals surface area contributed by atoms with Crippen molar-refractivity contribution >= 4 is 0 Å². The molecule has 0 aromatic carbocycles. The lowest BCUT2D eigenvalue weighted by Gasteiger charge is -2.44. The smallest absolute Gasteiger partial charge is 0.0113 e. The number of piperidine rings is 1. The highest BCUT2D eigenvalue weighted by Crippen LogP contribution is 2.33. The van der Waals surface area contributed by atoms with Crippen LogP contribution in [-0.2, 0) is 0 Å². The molecule has 0 aromatic heterocycles. The standard InChI is InChI=1S/C16H30N2/c1-12-10-13(11-12)18-16-8-3-2-6-14(16)15-7-4-5-9-17-15/h12-18H,2-11H2,1H3. The van der Waals surface area contributed by atoms with Crippen LogP contribution in [0, 0.1) is 11.8 Å². The summed E-state index contributed by atoms with van der Waals surface area (Å²) in [5.41, 5.74) is 0. The summed E-state index contributed by atoms with van der Waals surface area (Å²) in [5.74, 6) is 1.88. The molecule has 104 valence electrons. The highest BCUT2D eigenvalue weighted by atomic mass is 15.0. The number of hydrogen-bond donors (Lipinski definition) is 2. The van der Waals surface area contributed by atoms with Gasteiger partial charge in [0.15, 0.2) is 0 Å². The van der Waals surface area contributed by atoms with Crippen LogP contribution in [0.5, 0.6) is 0 Å². The maximum absolute atomic E-state index is 3.99. The van der Waals surface area contributed by atoms with Crippen molar-refractivity contribution in [2.75, 3.05) is 6.54 Å². The first kappa shape index (κ1) is 12.9. The van der Waals surface area contributed by atoms with E-state index in [-0.39, 0.29) is 0 Å². The normalized spacial score (nSPS) is 45.5. The van der Waals surface area contributed by atoms with Crippen molar-refractivity contribution in [3.05, 3.63) is 0 Å². The van der Waals surface area contributed by atoms with Gasteiger partial charge in [-0.2, -0.15) is 0 Å². The summed E-state index contributed by atoms with van der Waals surface area (Å²) < 4.78 is 0. The molecule has 0 radical (unpaired) electrons. The van der Waals surface area contributed by atoms with Crippen molar-refractivity contribution in [1.29, 1.82) is 0 Å². The molecule has 3 atom stereocenters. The first-order valence-electron chi connectivity index (χ1n) is 8.32. The molecule has 1 saturated heterocycles. The molecule has 18 heavy (non-hydrogen) atoms. The molecular weight excluding hydrogens is 220 g/mol. The minimum atomic E-state index is 0.812. The summed E-state index contributed by atoms with van der Waals surface area (Å²) in [6.07, 6.45) is 12.9. The predicted octanol–water partition coefficient (Wildman–Crippen LogP) is 3.08. The second-order valence-corrected chi connectivity index (χ2v) is 7.05. The van der Waals surface area contributed by atoms with Crippen LogP contribution in [0.4, 0.5) is 0 Å². The van der Waals surface area contributed by atoms with Gasteiger partial charge in [-0.15, -0.1) is 0 Å². The summed E-state index contributed by atoms with van der Waals surface area (Å²) in [4.78, 5) is 0. The Kier molecular flexibility index (Phi) is 4.25. The van der Waals surface area contributed by atoms with Crippen molar-refractivity contribution in [3.63, 3.8) is 0 Å². The number of hydrogen-bond acceptors (Lipinski definition) is 2. The Morgan fingerprint density at radius 3 is 2.44 bits per heavy atom. The van der Waals surface area contributed by atoms with E-state index in [1.807, 2.05) is 0 Å². The maximum Gasteiger partial charge on any atom is 0.0113 e. The van der Waals surface area contributed by atoms with Crippen LogP contribution in [0.2, 0.25) is 0 Å². The van der Waals surface area contributed by atoms with E-state index < -0.39 is 0 Å². The van der Waals surface area contributed by atoms with Crippen molar-refractivity contribution in [2.45, 2.75) is 82.8 Å². The molecule has 0 aromatic rings. The Balaban J connectivity index is 1.55. The van der Waals surface area contributed by atoms with Gasteiger partial charge in [0.25, 0.3) is 0 Å². The van der Waals surface area contributed by atoms with Crippen molar-refractivity contribution in [3.8, 4) is 0 Å². The molecule has 0 bridgehead atoms. The molecule has 0 amide bonds. The Labute approximate surface area is 112 Å². The van der Waals surface area contributed by atoms with E-state index in [2.05, 4.69) is 17.6 Å². The third-order valence-electron chi connectivity index (χ3n) is 5.51. The molecular formula is C16H30N2. The first-order valence-corrected chi connectivity index (χ1v) is 8.32. The van der Waals surface area contributed by atoms with Gasteiger partial charge in [-0.05, 0) is 56.9 Å². The van der Waals surface area contributed by atoms with Gasteiger partial charge < -0.3 is 10.6 Å². The van der Waals surface area contributed by atoms with E-state index in [4.69, 9.17) is 0 Å². The fourth-order valence-corrected chi connectivity index (χ4v) is 4.43. The number of nitrogens with one attached hydrogen (secondary N) is 2. The molecule has 3 rings (SSSR count). The second kappa shape index (κ2) is 5.92. The van der Waals surface area contributed by atoms with Gasteiger partial charge in [0, 0.05) is 18.1 Å². The molecule has 2 nitrogen and oxygen atoms in total. The molecule has 1 heterocycles. The number of rotatable bonds is 3. The van der Waals surface area contributed by atoms with Gasteiger partial charge in [0.2, 0.25) is 0 Å². The van der Waals surface area contributed by atoms with Gasteiger partial charge in [-0.1, -0.05) is 26.2 Å². The summed E-state index contributed by atoms with van der Waals surface area (Å²) in [6, 6.07) is 2.47. The SMILES string of the molecule is CC1CC(NC2CCCCC2C2CCCCN2)C1. The van der Waals surface area contributed by atoms with Crippen molar-refractivity contribution in [2.24, 2.45) is 11.8 Å². The third-order valence-corrected chi connectivity index (χ3v) is 5.51. The first-order chi connectivity index (χ1) is 8.83. The molecule has 2 aliphatic carbocycles. The lowest BCUT2D eigenvalue weighted by Crippen LogP contribution is -2.55. The quantitative estimate of drug-likeness (QED) is 0.804. The van der Waals surface area contributed by atoms with Crippen LogP contribution < -0.4 is 10.6 Å². The topological polar surface area (TPSA) is 24.1 Å². The molecule has 2 N–H and O–H groups in total. The van der Waals surface area contributed by atoms with Crippen molar-refractivity contribution in [1.82, 2.24) is 10.6 Å². The lowest BCUT2D eigenvalue weighted by atomic mass is 9.75. The zero-order valence-electron chi connectivity index (χ0n) is 12.0. The van der Waals surface area contributed by atoms with Gasteiger partial charge in [0.05, 0.1) is 0 Å². The highest BCUT2D eigenvalue weighted by Gasteiger charge is 2.35. The van der Waals surface area contributed by atoms with E-state index in [9.17, 15) is 0 Å². The maximum atomic E-state index is 3.99. The zero-order valence-corrected chi connectivity index (χ0v) is 12.0. The predicted molar refractivity (Wildman–Crippen MR) is 76.7 cm³/mol. The molecule has 3 unspecified atom stereocenters. The summed E-state index contributed by atoms with van der Waals surface area (Å²) in [6.45, 7) is 3.65. The molecule has 2 saturated carbocycles. The van der Waals surface area contributed by atoms with Crippen LogP contribution in [0.1, 0.15) is 64.7 Å². The third kappa shape index (κ3) is 2.91. The monoisotopic (exact) mass is 250 g/mol. The van der Waals surface area contributed by atoms with E-state index in [1.165, 1.54) is 64.3 Å². The van der Waals surface area contributed by atoms with Crippen LogP contribution >= 0.6 is 0 Å². The van der Waals surface area contributed by atoms with Gasteiger partial charge >= 0.3 is 0 Å². The molecule has 3 aliphatic rings. The van der Waals surface area contributed by atoms with E-state index in [0.29, 0.717) is 0 Å². The fourth-order valence-electron chi connectivity index (χ4n) is 4.43. The minimum absolute atomic E-state index is 0.812. The Bertz CT molecular complexity index is 254. The average Bonchev–Trinajstić information content (AvgIpc) is 2.39. The van der Waals surface area contributed by atoms with Gasteiger partial charge in [-0.25, -0.2) is 0 Å². The fraction of sp³-hybridized carbons (Fsp3) is 1.00. The van der Waals surface area contributed by atoms with Gasteiger partial charge in [-0.3, -0.25) is 0 Å². The zero-order chi connectivity index (χ0) is 12.4. The van der Waals surface area contributed by atoms with Crippen molar-refractivity contribution < 1.29 is 0 Å². The largest absolute Gasteiger partial charge is 0.314 e. The molecule has 3 fully saturated rings. The Hall–Kier alpha value is -0.0800. The molecule has 2 heteroatoms. The Morgan fingerprint density at radius 1 is 0.944 bits per heavy atom. The van der Waals surface area contributed by atoms with Crippen LogP contribution in [-0.4, -0.2) is 24.7 Å². The minimum Gasteiger partial charge on any atom is -0.314 e. The highest BCUT2D eigenvalue weighted by molar-refractivity contribution is 4.94. The van der Waals surface area contributed by atoms with Crippen LogP contribution in [0.25, 0.3) is 0 Å². The lowest BCUT2D eigenvalue weighted by molar-refractivity contribution is 0.137. The van der Waals surface area contributed by atoms with Crippen LogP contribution in [0.3, 0.4) is 0 Å². The second-order valence-electron chi connectivity index (χ2n) is 7.05. The van der Waals surface area contributed by atoms with E-state index >= 15 is 0 Å². The summed E-state index contributed by atoms with van der Waals surface area (Å²) >= 11 is 0. The average molecular weight is 250 g/mol. The van der Waals surface area contributed by atoms with Gasteiger partial charge in [0.1, 0.15) is 0 Å². The van der Waals surface area contributed by atoms with E-state index in [1.54, 1.807) is 0 Å². The summed E-state index contributed by atoms with van der Waals surface area (Å²) in [5, 5.41) is 7.79. The van der Waals surface area contributed by atoms with Crippen LogP contribution in [0.15, 0.2) is 0 Å². The Morgan fingerprint density at radius 2 is 1.72 bits per heavy atom. The summed E-state index contributed by atoms with van der Waals surface area (Å²) in [7, 11) is 0. The molecule has 0 spiro atoms. The van der Waals surface area contributed by atoms with E-state index in [0.717, 1.165) is 30.0 Å². The molecule has 1 aliphatic heterocycles.